The van der Waals surface area contributed by atoms with Gasteiger partial charge in [-0.05, 0) is 37.8 Å². The van der Waals surface area contributed by atoms with Crippen LogP contribution in [0.25, 0.3) is 0 Å². The van der Waals surface area contributed by atoms with E-state index in [1.807, 2.05) is 23.1 Å². The molecule has 0 saturated heterocycles. The van der Waals surface area contributed by atoms with Crippen LogP contribution in [0.4, 0.5) is 5.69 Å². The number of para-hydroxylation sites is 1. The smallest absolute Gasteiger partial charge is 0.0608 e. The van der Waals surface area contributed by atoms with E-state index in [1.165, 1.54) is 5.56 Å². The fraction of sp³-hybridized carbons (Fsp3) is 0.500. The summed E-state index contributed by atoms with van der Waals surface area (Å²) in [5.41, 5.74) is 2.11. The fourth-order valence-corrected chi connectivity index (χ4v) is 2.87. The van der Waals surface area contributed by atoms with E-state index in [2.05, 4.69) is 26.8 Å². The SMILES string of the molecule is CC1CC(C)(C)N(CC(=O)[O-])c2ccccc21. The Hall–Kier alpha value is -1.51. The summed E-state index contributed by atoms with van der Waals surface area (Å²) in [6.45, 7) is 6.32. The first-order chi connectivity index (χ1) is 7.92. The van der Waals surface area contributed by atoms with E-state index >= 15 is 0 Å². The average molecular weight is 232 g/mol. The predicted octanol–water partition coefficient (Wildman–Crippen LogP) is 1.53. The summed E-state index contributed by atoms with van der Waals surface area (Å²) in [5.74, 6) is -0.568. The molecule has 0 radical (unpaired) electrons. The Morgan fingerprint density at radius 3 is 2.76 bits per heavy atom. The highest BCUT2D eigenvalue weighted by Crippen LogP contribution is 2.42. The van der Waals surface area contributed by atoms with Crippen molar-refractivity contribution in [1.29, 1.82) is 0 Å². The maximum Gasteiger partial charge on any atom is 0.0608 e. The van der Waals surface area contributed by atoms with Gasteiger partial charge in [0, 0.05) is 11.2 Å². The lowest BCUT2D eigenvalue weighted by Crippen LogP contribution is -2.52. The van der Waals surface area contributed by atoms with Crippen LogP contribution in [0.1, 0.15) is 38.7 Å². The number of benzene rings is 1. The maximum absolute atomic E-state index is 10.9. The first-order valence-corrected chi connectivity index (χ1v) is 5.98. The Balaban J connectivity index is 2.47. The van der Waals surface area contributed by atoms with E-state index in [-0.39, 0.29) is 12.1 Å². The molecule has 92 valence electrons. The van der Waals surface area contributed by atoms with E-state index in [9.17, 15) is 9.90 Å². The van der Waals surface area contributed by atoms with E-state index in [1.54, 1.807) is 0 Å². The van der Waals surface area contributed by atoms with Crippen molar-refractivity contribution in [2.45, 2.75) is 38.6 Å². The number of carboxylic acids is 1. The molecule has 0 fully saturated rings. The molecule has 3 heteroatoms. The number of nitrogens with zero attached hydrogens (tertiary/aromatic N) is 1. The highest BCUT2D eigenvalue weighted by Gasteiger charge is 2.35. The molecule has 1 heterocycles. The standard InChI is InChI=1S/C14H19NO2/c1-10-8-14(2,3)15(9-13(16)17)12-7-5-4-6-11(10)12/h4-7,10H,8-9H2,1-3H3,(H,16,17)/p-1. The van der Waals surface area contributed by atoms with Crippen LogP contribution in [0.2, 0.25) is 0 Å². The van der Waals surface area contributed by atoms with Gasteiger partial charge in [0.05, 0.1) is 12.5 Å². The molecular weight excluding hydrogens is 214 g/mol. The van der Waals surface area contributed by atoms with Gasteiger partial charge in [0.2, 0.25) is 0 Å². The second-order valence-corrected chi connectivity index (χ2v) is 5.43. The Kier molecular flexibility index (Phi) is 2.86. The summed E-state index contributed by atoms with van der Waals surface area (Å²) in [4.78, 5) is 12.8. The molecule has 1 aromatic rings. The first kappa shape index (κ1) is 12.0. The summed E-state index contributed by atoms with van der Waals surface area (Å²) >= 11 is 0. The Morgan fingerprint density at radius 2 is 2.12 bits per heavy atom. The molecule has 0 saturated carbocycles. The molecule has 17 heavy (non-hydrogen) atoms. The molecule has 1 aliphatic heterocycles. The van der Waals surface area contributed by atoms with Gasteiger partial charge in [-0.2, -0.15) is 0 Å². The van der Waals surface area contributed by atoms with E-state index in [0.29, 0.717) is 5.92 Å². The highest BCUT2D eigenvalue weighted by molar-refractivity contribution is 5.74. The largest absolute Gasteiger partial charge is 0.548 e. The molecular formula is C14H18NO2-. The zero-order chi connectivity index (χ0) is 12.6. The van der Waals surface area contributed by atoms with Crippen molar-refractivity contribution in [1.82, 2.24) is 0 Å². The molecule has 0 aliphatic carbocycles. The zero-order valence-corrected chi connectivity index (χ0v) is 10.6. The number of hydrogen-bond donors (Lipinski definition) is 0. The second kappa shape index (κ2) is 4.06. The van der Waals surface area contributed by atoms with Crippen molar-refractivity contribution in [3.63, 3.8) is 0 Å². The second-order valence-electron chi connectivity index (χ2n) is 5.43. The van der Waals surface area contributed by atoms with Crippen molar-refractivity contribution in [3.8, 4) is 0 Å². The van der Waals surface area contributed by atoms with Crippen LogP contribution in [-0.4, -0.2) is 18.1 Å². The van der Waals surface area contributed by atoms with Crippen LogP contribution < -0.4 is 10.0 Å². The molecule has 0 bridgehead atoms. The number of carboxylic acid groups (broad SMARTS) is 1. The molecule has 1 atom stereocenters. The van der Waals surface area contributed by atoms with Crippen LogP contribution >= 0.6 is 0 Å². The predicted molar refractivity (Wildman–Crippen MR) is 65.9 cm³/mol. The fourth-order valence-electron chi connectivity index (χ4n) is 2.87. The average Bonchev–Trinajstić information content (AvgIpc) is 2.23. The minimum absolute atomic E-state index is 0.0449. The van der Waals surface area contributed by atoms with Crippen molar-refractivity contribution in [2.24, 2.45) is 0 Å². The van der Waals surface area contributed by atoms with E-state index in [4.69, 9.17) is 0 Å². The first-order valence-electron chi connectivity index (χ1n) is 5.98. The van der Waals surface area contributed by atoms with Gasteiger partial charge in [-0.1, -0.05) is 25.1 Å². The van der Waals surface area contributed by atoms with Crippen LogP contribution in [0.3, 0.4) is 0 Å². The van der Waals surface area contributed by atoms with Crippen LogP contribution in [0.15, 0.2) is 24.3 Å². The van der Waals surface area contributed by atoms with Gasteiger partial charge in [-0.15, -0.1) is 0 Å². The Bertz CT molecular complexity index is 440. The summed E-state index contributed by atoms with van der Waals surface area (Å²) in [5, 5.41) is 10.9. The van der Waals surface area contributed by atoms with Crippen molar-refractivity contribution < 1.29 is 9.90 Å². The molecule has 1 aromatic carbocycles. The molecule has 0 spiro atoms. The molecule has 2 rings (SSSR count). The van der Waals surface area contributed by atoms with E-state index < -0.39 is 5.97 Å². The number of rotatable bonds is 2. The van der Waals surface area contributed by atoms with Gasteiger partial charge >= 0.3 is 0 Å². The van der Waals surface area contributed by atoms with Crippen LogP contribution in [0.5, 0.6) is 0 Å². The number of fused-ring (bicyclic) bond motifs is 1. The van der Waals surface area contributed by atoms with Crippen molar-refractivity contribution >= 4 is 11.7 Å². The van der Waals surface area contributed by atoms with Gasteiger partial charge in [-0.3, -0.25) is 0 Å². The zero-order valence-electron chi connectivity index (χ0n) is 10.6. The molecule has 1 unspecified atom stereocenters. The normalized spacial score (nSPS) is 22.1. The monoisotopic (exact) mass is 232 g/mol. The third-order valence-electron chi connectivity index (χ3n) is 3.58. The van der Waals surface area contributed by atoms with Crippen LogP contribution in [0, 0.1) is 0 Å². The summed E-state index contributed by atoms with van der Waals surface area (Å²) in [6, 6.07) is 8.04. The minimum atomic E-state index is -1.03. The summed E-state index contributed by atoms with van der Waals surface area (Å²) in [6.07, 6.45) is 0.956. The van der Waals surface area contributed by atoms with Crippen molar-refractivity contribution in [3.05, 3.63) is 29.8 Å². The minimum Gasteiger partial charge on any atom is -0.548 e. The molecule has 3 nitrogen and oxygen atoms in total. The number of hydrogen-bond acceptors (Lipinski definition) is 3. The third kappa shape index (κ3) is 2.14. The summed E-state index contributed by atoms with van der Waals surface area (Å²) in [7, 11) is 0. The Morgan fingerprint density at radius 1 is 1.47 bits per heavy atom. The van der Waals surface area contributed by atoms with Gasteiger partial charge in [0.25, 0.3) is 0 Å². The lowest BCUT2D eigenvalue weighted by Gasteiger charge is -2.47. The molecule has 0 N–H and O–H groups in total. The highest BCUT2D eigenvalue weighted by atomic mass is 16.4. The van der Waals surface area contributed by atoms with Gasteiger partial charge in [0.1, 0.15) is 0 Å². The molecule has 1 aliphatic rings. The number of aliphatic carboxylic acids is 1. The van der Waals surface area contributed by atoms with Crippen molar-refractivity contribution in [2.75, 3.05) is 11.4 Å². The maximum atomic E-state index is 10.9. The van der Waals surface area contributed by atoms with E-state index in [0.717, 1.165) is 12.1 Å². The lowest BCUT2D eigenvalue weighted by atomic mass is 9.80. The lowest BCUT2D eigenvalue weighted by molar-refractivity contribution is -0.303. The quantitative estimate of drug-likeness (QED) is 0.776. The van der Waals surface area contributed by atoms with Gasteiger partial charge < -0.3 is 14.8 Å². The number of carbonyl (C=O) groups is 1. The Labute approximate surface area is 102 Å². The molecule has 0 aromatic heterocycles. The number of carbonyl (C=O) groups excluding carboxylic acids is 1. The topological polar surface area (TPSA) is 43.4 Å². The van der Waals surface area contributed by atoms with Crippen LogP contribution in [-0.2, 0) is 4.79 Å². The molecule has 0 amide bonds. The van der Waals surface area contributed by atoms with Gasteiger partial charge in [-0.25, -0.2) is 0 Å². The third-order valence-corrected chi connectivity index (χ3v) is 3.58. The van der Waals surface area contributed by atoms with Gasteiger partial charge in [0.15, 0.2) is 0 Å². The summed E-state index contributed by atoms with van der Waals surface area (Å²) < 4.78 is 0. The number of anilines is 1.